The fourth-order valence-electron chi connectivity index (χ4n) is 5.89. The van der Waals surface area contributed by atoms with E-state index in [0.717, 1.165) is 54.4 Å². The van der Waals surface area contributed by atoms with Crippen LogP contribution in [0.2, 0.25) is 0 Å². The Morgan fingerprint density at radius 1 is 1.13 bits per heavy atom. The normalized spacial score (nSPS) is 30.5. The number of nitrogens with zero attached hydrogens (tertiary/aromatic N) is 2. The molecule has 0 radical (unpaired) electrons. The van der Waals surface area contributed by atoms with E-state index in [0.29, 0.717) is 12.5 Å². The van der Waals surface area contributed by atoms with Crippen LogP contribution >= 0.6 is 11.3 Å². The first kappa shape index (κ1) is 20.1. The Labute approximate surface area is 182 Å². The van der Waals surface area contributed by atoms with Gasteiger partial charge in [0.2, 0.25) is 5.91 Å². The monoisotopic (exact) mass is 427 g/mol. The van der Waals surface area contributed by atoms with Crippen molar-refractivity contribution in [2.75, 3.05) is 0 Å². The van der Waals surface area contributed by atoms with E-state index in [9.17, 15) is 9.59 Å². The number of amides is 2. The summed E-state index contributed by atoms with van der Waals surface area (Å²) >= 11 is 1.66. The molecule has 2 amide bonds. The molecule has 0 spiro atoms. The van der Waals surface area contributed by atoms with Gasteiger partial charge in [0.25, 0.3) is 5.91 Å². The van der Waals surface area contributed by atoms with Gasteiger partial charge >= 0.3 is 0 Å². The number of hydrogen-bond acceptors (Lipinski definition) is 3. The molecule has 6 heteroatoms. The molecule has 162 valence electrons. The summed E-state index contributed by atoms with van der Waals surface area (Å²) in [6.45, 7) is 4.84. The van der Waals surface area contributed by atoms with Gasteiger partial charge in [-0.15, -0.1) is 11.3 Å². The summed E-state index contributed by atoms with van der Waals surface area (Å²) in [5.41, 5.74) is 0.982. The van der Waals surface area contributed by atoms with Gasteiger partial charge in [0.15, 0.2) is 0 Å². The highest BCUT2D eigenvalue weighted by Gasteiger charge is 2.51. The highest BCUT2D eigenvalue weighted by molar-refractivity contribution is 7.17. The standard InChI is InChI=1S/C24H33N3O2S/c1-16-8-10-18(11-9-16)27-22(28)20-14-21-19(12-13-30-21)26(20)15-24(27,2)23(29)25-17-6-4-3-5-7-17/h12-14,16-18H,3-11,15H2,1-2H3,(H,25,29)/t16?,18?,24-/m1/s1. The fourth-order valence-corrected chi connectivity index (χ4v) is 6.72. The lowest BCUT2D eigenvalue weighted by Gasteiger charge is -2.49. The lowest BCUT2D eigenvalue weighted by atomic mass is 9.82. The molecule has 2 fully saturated rings. The maximum atomic E-state index is 13.8. The van der Waals surface area contributed by atoms with Gasteiger partial charge in [-0.05, 0) is 68.9 Å². The molecule has 0 unspecified atom stereocenters. The van der Waals surface area contributed by atoms with Crippen molar-refractivity contribution in [3.8, 4) is 0 Å². The van der Waals surface area contributed by atoms with Gasteiger partial charge < -0.3 is 14.8 Å². The quantitative estimate of drug-likeness (QED) is 0.754. The van der Waals surface area contributed by atoms with Crippen molar-refractivity contribution >= 4 is 33.4 Å². The van der Waals surface area contributed by atoms with Crippen LogP contribution in [0.4, 0.5) is 0 Å². The van der Waals surface area contributed by atoms with E-state index >= 15 is 0 Å². The third-order valence-corrected chi connectivity index (χ3v) is 8.59. The van der Waals surface area contributed by atoms with Gasteiger partial charge in [-0.1, -0.05) is 26.2 Å². The van der Waals surface area contributed by atoms with Gasteiger partial charge in [0, 0.05) is 12.1 Å². The minimum atomic E-state index is -0.847. The summed E-state index contributed by atoms with van der Waals surface area (Å²) in [4.78, 5) is 29.5. The summed E-state index contributed by atoms with van der Waals surface area (Å²) in [6.07, 6.45) is 9.99. The number of carbonyl (C=O) groups is 2. The van der Waals surface area contributed by atoms with Gasteiger partial charge in [-0.2, -0.15) is 0 Å². The Morgan fingerprint density at radius 2 is 1.87 bits per heavy atom. The molecule has 2 aliphatic carbocycles. The summed E-state index contributed by atoms with van der Waals surface area (Å²) in [5.74, 6) is 0.771. The maximum Gasteiger partial charge on any atom is 0.271 e. The molecule has 5 rings (SSSR count). The molecule has 1 atom stereocenters. The SMILES string of the molecule is CC1CCC(N2C(=O)c3cc4sccc4n3C[C@]2(C)C(=O)NC2CCCCC2)CC1. The second kappa shape index (κ2) is 7.70. The molecule has 0 saturated heterocycles. The zero-order valence-electron chi connectivity index (χ0n) is 18.2. The van der Waals surface area contributed by atoms with Crippen molar-refractivity contribution in [1.82, 2.24) is 14.8 Å². The van der Waals surface area contributed by atoms with Crippen molar-refractivity contribution in [1.29, 1.82) is 0 Å². The summed E-state index contributed by atoms with van der Waals surface area (Å²) < 4.78 is 3.23. The molecule has 1 N–H and O–H groups in total. The van der Waals surface area contributed by atoms with Crippen LogP contribution in [0.5, 0.6) is 0 Å². The smallest absolute Gasteiger partial charge is 0.271 e. The van der Waals surface area contributed by atoms with E-state index in [2.05, 4.69) is 28.3 Å². The van der Waals surface area contributed by atoms with Crippen molar-refractivity contribution in [3.63, 3.8) is 0 Å². The number of thiophene rings is 1. The molecule has 2 aromatic rings. The topological polar surface area (TPSA) is 54.3 Å². The molecular formula is C24H33N3O2S. The number of hydrogen-bond donors (Lipinski definition) is 1. The van der Waals surface area contributed by atoms with Gasteiger partial charge in [0.05, 0.1) is 16.8 Å². The first-order valence-corrected chi connectivity index (χ1v) is 12.6. The Balaban J connectivity index is 1.51. The van der Waals surface area contributed by atoms with Crippen molar-refractivity contribution < 1.29 is 9.59 Å². The van der Waals surface area contributed by atoms with Crippen LogP contribution in [0.3, 0.4) is 0 Å². The zero-order chi connectivity index (χ0) is 20.9. The lowest BCUT2D eigenvalue weighted by molar-refractivity contribution is -0.135. The molecular weight excluding hydrogens is 394 g/mol. The van der Waals surface area contributed by atoms with Gasteiger partial charge in [0.1, 0.15) is 11.2 Å². The molecule has 3 heterocycles. The second-order valence-electron chi connectivity index (χ2n) is 9.96. The van der Waals surface area contributed by atoms with Crippen LogP contribution in [-0.4, -0.2) is 38.9 Å². The lowest BCUT2D eigenvalue weighted by Crippen LogP contribution is -2.67. The molecule has 2 saturated carbocycles. The molecule has 0 aromatic carbocycles. The predicted molar refractivity (Wildman–Crippen MR) is 121 cm³/mol. The van der Waals surface area contributed by atoms with Crippen molar-refractivity contribution in [2.45, 2.75) is 95.8 Å². The number of rotatable bonds is 3. The number of nitrogens with one attached hydrogen (secondary N) is 1. The third-order valence-electron chi connectivity index (χ3n) is 7.74. The summed E-state index contributed by atoms with van der Waals surface area (Å²) in [6, 6.07) is 4.50. The molecule has 3 aliphatic rings. The van der Waals surface area contributed by atoms with Crippen molar-refractivity contribution in [2.24, 2.45) is 5.92 Å². The van der Waals surface area contributed by atoms with E-state index < -0.39 is 5.54 Å². The molecule has 0 bridgehead atoms. The minimum Gasteiger partial charge on any atom is -0.351 e. The molecule has 2 aromatic heterocycles. The van der Waals surface area contributed by atoms with E-state index in [1.54, 1.807) is 11.3 Å². The van der Waals surface area contributed by atoms with Gasteiger partial charge in [-0.25, -0.2) is 0 Å². The molecule has 1 aliphatic heterocycles. The van der Waals surface area contributed by atoms with Crippen LogP contribution in [0.1, 0.15) is 82.1 Å². The van der Waals surface area contributed by atoms with Crippen molar-refractivity contribution in [3.05, 3.63) is 23.2 Å². The highest BCUT2D eigenvalue weighted by atomic mass is 32.1. The van der Waals surface area contributed by atoms with Crippen LogP contribution < -0.4 is 5.32 Å². The van der Waals surface area contributed by atoms with Crippen LogP contribution in [0.25, 0.3) is 10.2 Å². The molecule has 30 heavy (non-hydrogen) atoms. The van der Waals surface area contributed by atoms with Crippen LogP contribution in [0, 0.1) is 5.92 Å². The Bertz CT molecular complexity index is 949. The first-order chi connectivity index (χ1) is 14.5. The average Bonchev–Trinajstić information content (AvgIpc) is 3.33. The van der Waals surface area contributed by atoms with E-state index in [-0.39, 0.29) is 23.9 Å². The predicted octanol–water partition coefficient (Wildman–Crippen LogP) is 4.94. The Morgan fingerprint density at radius 3 is 2.60 bits per heavy atom. The number of aromatic nitrogens is 1. The van der Waals surface area contributed by atoms with Crippen LogP contribution in [0.15, 0.2) is 17.5 Å². The molecule has 5 nitrogen and oxygen atoms in total. The Hall–Kier alpha value is -1.82. The number of carbonyl (C=O) groups excluding carboxylic acids is 2. The second-order valence-corrected chi connectivity index (χ2v) is 10.9. The largest absolute Gasteiger partial charge is 0.351 e. The third kappa shape index (κ3) is 3.28. The van der Waals surface area contributed by atoms with Crippen LogP contribution in [-0.2, 0) is 11.3 Å². The van der Waals surface area contributed by atoms with E-state index in [1.165, 1.54) is 19.3 Å². The van der Waals surface area contributed by atoms with Gasteiger partial charge in [-0.3, -0.25) is 9.59 Å². The number of fused-ring (bicyclic) bond motifs is 3. The minimum absolute atomic E-state index is 0.0316. The fraction of sp³-hybridized carbons (Fsp3) is 0.667. The maximum absolute atomic E-state index is 13.8. The Kier molecular flexibility index (Phi) is 5.16. The first-order valence-electron chi connectivity index (χ1n) is 11.7. The van der Waals surface area contributed by atoms with E-state index in [4.69, 9.17) is 0 Å². The average molecular weight is 428 g/mol. The van der Waals surface area contributed by atoms with E-state index in [1.807, 2.05) is 17.9 Å². The zero-order valence-corrected chi connectivity index (χ0v) is 19.0. The summed E-state index contributed by atoms with van der Waals surface area (Å²) in [5, 5.41) is 5.42. The highest BCUT2D eigenvalue weighted by Crippen LogP contribution is 2.39. The summed E-state index contributed by atoms with van der Waals surface area (Å²) in [7, 11) is 0.